The fraction of sp³-hybridized carbons (Fsp3) is 0.647. The third-order valence-electron chi connectivity index (χ3n) is 4.30. The second-order valence-electron chi connectivity index (χ2n) is 7.75. The number of nitrogens with zero attached hydrogens (tertiary/aromatic N) is 2. The first-order chi connectivity index (χ1) is 10.2. The van der Waals surface area contributed by atoms with Crippen molar-refractivity contribution in [3.8, 4) is 0 Å². The van der Waals surface area contributed by atoms with E-state index < -0.39 is 5.60 Å². The zero-order chi connectivity index (χ0) is 16.0. The van der Waals surface area contributed by atoms with Crippen molar-refractivity contribution in [2.24, 2.45) is 5.41 Å². The summed E-state index contributed by atoms with van der Waals surface area (Å²) in [6.45, 7) is 9.34. The van der Waals surface area contributed by atoms with Crippen LogP contribution in [0.3, 0.4) is 0 Å². The quantitative estimate of drug-likeness (QED) is 0.911. The van der Waals surface area contributed by atoms with E-state index >= 15 is 0 Å². The minimum atomic E-state index is -0.416. The zero-order valence-corrected chi connectivity index (χ0v) is 13.8. The molecule has 2 fully saturated rings. The van der Waals surface area contributed by atoms with E-state index in [4.69, 9.17) is 4.74 Å². The van der Waals surface area contributed by atoms with E-state index in [1.165, 1.54) is 0 Å². The first kappa shape index (κ1) is 15.1. The van der Waals surface area contributed by atoms with Gasteiger partial charge in [-0.15, -0.1) is 0 Å². The van der Waals surface area contributed by atoms with Crippen molar-refractivity contribution in [1.82, 2.24) is 9.88 Å². The Bertz CT molecular complexity index is 566. The van der Waals surface area contributed by atoms with Crippen LogP contribution < -0.4 is 5.32 Å². The first-order valence-corrected chi connectivity index (χ1v) is 7.93. The normalized spacial score (nSPS) is 20.3. The first-order valence-electron chi connectivity index (χ1n) is 7.93. The van der Waals surface area contributed by atoms with Crippen molar-refractivity contribution in [2.75, 3.05) is 18.4 Å². The summed E-state index contributed by atoms with van der Waals surface area (Å²) < 4.78 is 5.40. The van der Waals surface area contributed by atoms with Crippen LogP contribution in [0.1, 0.15) is 39.3 Å². The van der Waals surface area contributed by atoms with E-state index in [-0.39, 0.29) is 6.09 Å². The van der Waals surface area contributed by atoms with Gasteiger partial charge in [-0.25, -0.2) is 9.78 Å². The second-order valence-corrected chi connectivity index (χ2v) is 7.75. The average Bonchev–Trinajstić information content (AvgIpc) is 2.28. The highest BCUT2D eigenvalue weighted by Crippen LogP contribution is 2.49. The summed E-state index contributed by atoms with van der Waals surface area (Å²) in [4.78, 5) is 18.2. The Morgan fingerprint density at radius 3 is 2.64 bits per heavy atom. The number of hydrogen-bond acceptors (Lipinski definition) is 4. The summed E-state index contributed by atoms with van der Waals surface area (Å²) in [5.74, 6) is 0.947. The molecule has 1 aliphatic carbocycles. The maximum atomic E-state index is 12.0. The van der Waals surface area contributed by atoms with Crippen molar-refractivity contribution in [2.45, 2.75) is 52.2 Å². The summed E-state index contributed by atoms with van der Waals surface area (Å²) in [6, 6.07) is 6.49. The van der Waals surface area contributed by atoms with Gasteiger partial charge in [0.2, 0.25) is 0 Å². The van der Waals surface area contributed by atoms with Crippen LogP contribution in [0.25, 0.3) is 0 Å². The molecule has 1 saturated heterocycles. The van der Waals surface area contributed by atoms with Gasteiger partial charge < -0.3 is 15.0 Å². The Balaban J connectivity index is 1.44. The molecule has 2 aliphatic rings. The van der Waals surface area contributed by atoms with Gasteiger partial charge in [-0.2, -0.15) is 0 Å². The third-order valence-corrected chi connectivity index (χ3v) is 4.30. The zero-order valence-electron chi connectivity index (χ0n) is 13.8. The molecule has 1 aromatic rings. The molecule has 5 nitrogen and oxygen atoms in total. The number of hydrogen-bond donors (Lipinski definition) is 1. The minimum absolute atomic E-state index is 0.185. The maximum Gasteiger partial charge on any atom is 0.410 e. The highest BCUT2D eigenvalue weighted by atomic mass is 16.6. The number of likely N-dealkylation sites (tertiary alicyclic amines) is 1. The molecule has 2 heterocycles. The Hall–Kier alpha value is -1.78. The highest BCUT2D eigenvalue weighted by molar-refractivity contribution is 5.69. The number of nitrogens with one attached hydrogen (secondary N) is 1. The topological polar surface area (TPSA) is 54.5 Å². The molecule has 1 saturated carbocycles. The van der Waals surface area contributed by atoms with Gasteiger partial charge in [0.05, 0.1) is 0 Å². The van der Waals surface area contributed by atoms with Crippen LogP contribution >= 0.6 is 0 Å². The fourth-order valence-corrected chi connectivity index (χ4v) is 3.40. The molecule has 0 atom stereocenters. The number of anilines is 1. The molecule has 1 N–H and O–H groups in total. The number of rotatable bonds is 2. The second kappa shape index (κ2) is 5.14. The highest BCUT2D eigenvalue weighted by Gasteiger charge is 2.54. The summed E-state index contributed by atoms with van der Waals surface area (Å²) >= 11 is 0. The molecule has 120 valence electrons. The number of ether oxygens (including phenoxy) is 1. The van der Waals surface area contributed by atoms with Gasteiger partial charge in [-0.1, -0.05) is 6.07 Å². The Morgan fingerprint density at radius 2 is 2.05 bits per heavy atom. The molecule has 3 rings (SSSR count). The lowest BCUT2D eigenvalue weighted by atomic mass is 9.61. The number of pyridine rings is 1. The molecule has 1 aromatic heterocycles. The van der Waals surface area contributed by atoms with E-state index in [9.17, 15) is 4.79 Å². The van der Waals surface area contributed by atoms with Gasteiger partial charge in [0.25, 0.3) is 0 Å². The number of carbonyl (C=O) groups excluding carboxylic acids is 1. The summed E-state index contributed by atoms with van der Waals surface area (Å²) in [6.07, 6.45) is 2.01. The van der Waals surface area contributed by atoms with Gasteiger partial charge in [-0.05, 0) is 52.7 Å². The van der Waals surface area contributed by atoms with Crippen molar-refractivity contribution >= 4 is 11.9 Å². The average molecular weight is 303 g/mol. The predicted octanol–water partition coefficient (Wildman–Crippen LogP) is 3.20. The Morgan fingerprint density at radius 1 is 1.36 bits per heavy atom. The van der Waals surface area contributed by atoms with Gasteiger partial charge in [0.15, 0.2) is 0 Å². The lowest BCUT2D eigenvalue weighted by Gasteiger charge is -2.58. The van der Waals surface area contributed by atoms with Gasteiger partial charge in [-0.3, -0.25) is 0 Å². The lowest BCUT2D eigenvalue weighted by molar-refractivity contribution is -0.0739. The standard InChI is InChI=1S/C17H25N3O2/c1-12-6-5-7-14(18-12)19-13-8-17(9-13)10-20(11-17)15(21)22-16(2,3)4/h5-7,13H,8-11H2,1-4H3,(H,18,19). The van der Waals surface area contributed by atoms with Gasteiger partial charge in [0, 0.05) is 30.2 Å². The molecule has 1 amide bonds. The molecule has 1 spiro atoms. The summed E-state index contributed by atoms with van der Waals surface area (Å²) in [5.41, 5.74) is 0.914. The van der Waals surface area contributed by atoms with E-state index in [0.717, 1.165) is 37.4 Å². The number of amides is 1. The van der Waals surface area contributed by atoms with Crippen LogP contribution in [-0.4, -0.2) is 40.7 Å². The molecule has 0 radical (unpaired) electrons. The largest absolute Gasteiger partial charge is 0.444 e. The minimum Gasteiger partial charge on any atom is -0.444 e. The molecule has 22 heavy (non-hydrogen) atoms. The summed E-state index contributed by atoms with van der Waals surface area (Å²) in [7, 11) is 0. The number of aromatic nitrogens is 1. The smallest absolute Gasteiger partial charge is 0.410 e. The predicted molar refractivity (Wildman–Crippen MR) is 85.9 cm³/mol. The molecular formula is C17H25N3O2. The van der Waals surface area contributed by atoms with Crippen LogP contribution in [0.5, 0.6) is 0 Å². The number of aryl methyl sites for hydroxylation is 1. The van der Waals surface area contributed by atoms with Crippen LogP contribution in [0, 0.1) is 12.3 Å². The lowest BCUT2D eigenvalue weighted by Crippen LogP contribution is -2.66. The van der Waals surface area contributed by atoms with Crippen LogP contribution in [-0.2, 0) is 4.74 Å². The van der Waals surface area contributed by atoms with E-state index in [2.05, 4.69) is 10.3 Å². The SMILES string of the molecule is Cc1cccc(NC2CC3(C2)CN(C(=O)OC(C)(C)C)C3)n1. The van der Waals surface area contributed by atoms with Gasteiger partial charge >= 0.3 is 6.09 Å². The molecular weight excluding hydrogens is 278 g/mol. The van der Waals surface area contributed by atoms with Crippen molar-refractivity contribution < 1.29 is 9.53 Å². The van der Waals surface area contributed by atoms with E-state index in [1.54, 1.807) is 0 Å². The van der Waals surface area contributed by atoms with Crippen LogP contribution in [0.2, 0.25) is 0 Å². The van der Waals surface area contributed by atoms with Crippen molar-refractivity contribution in [3.05, 3.63) is 23.9 Å². The monoisotopic (exact) mass is 303 g/mol. The van der Waals surface area contributed by atoms with Crippen LogP contribution in [0.4, 0.5) is 10.6 Å². The fourth-order valence-electron chi connectivity index (χ4n) is 3.40. The molecule has 1 aliphatic heterocycles. The van der Waals surface area contributed by atoms with Crippen molar-refractivity contribution in [3.63, 3.8) is 0 Å². The molecule has 0 aromatic carbocycles. The number of carbonyl (C=O) groups is 1. The van der Waals surface area contributed by atoms with E-state index in [1.807, 2.05) is 50.8 Å². The summed E-state index contributed by atoms with van der Waals surface area (Å²) in [5, 5.41) is 3.48. The molecule has 0 unspecified atom stereocenters. The van der Waals surface area contributed by atoms with Crippen LogP contribution in [0.15, 0.2) is 18.2 Å². The molecule has 0 bridgehead atoms. The van der Waals surface area contributed by atoms with Gasteiger partial charge in [0.1, 0.15) is 11.4 Å². The molecule has 5 heteroatoms. The Kier molecular flexibility index (Phi) is 3.54. The third kappa shape index (κ3) is 3.18. The van der Waals surface area contributed by atoms with E-state index in [0.29, 0.717) is 11.5 Å². The Labute approximate surface area is 132 Å². The van der Waals surface area contributed by atoms with Crippen molar-refractivity contribution in [1.29, 1.82) is 0 Å². The maximum absolute atomic E-state index is 12.0.